The van der Waals surface area contributed by atoms with Crippen LogP contribution in [-0.4, -0.2) is 41.8 Å². The molecule has 5 nitrogen and oxygen atoms in total. The summed E-state index contributed by atoms with van der Waals surface area (Å²) in [6.07, 6.45) is 1.71. The third-order valence-corrected chi connectivity index (χ3v) is 3.25. The molecule has 0 atom stereocenters. The van der Waals surface area contributed by atoms with E-state index < -0.39 is 6.09 Å². The molecule has 0 aromatic heterocycles. The molecule has 1 aliphatic heterocycles. The van der Waals surface area contributed by atoms with Crippen molar-refractivity contribution in [3.8, 4) is 0 Å². The quantitative estimate of drug-likeness (QED) is 0.861. The van der Waals surface area contributed by atoms with Gasteiger partial charge in [0.1, 0.15) is 0 Å². The molecule has 106 valence electrons. The molecule has 1 amide bonds. The predicted octanol–water partition coefficient (Wildman–Crippen LogP) is 2.63. The summed E-state index contributed by atoms with van der Waals surface area (Å²) in [7, 11) is 0. The Balaban J connectivity index is 2.07. The highest BCUT2D eigenvalue weighted by molar-refractivity contribution is 5.89. The van der Waals surface area contributed by atoms with Crippen molar-refractivity contribution in [3.05, 3.63) is 41.5 Å². The molecule has 0 bridgehead atoms. The van der Waals surface area contributed by atoms with E-state index in [1.807, 2.05) is 18.2 Å². The van der Waals surface area contributed by atoms with Crippen LogP contribution in [0.1, 0.15) is 29.3 Å². The maximum atomic E-state index is 11.5. The van der Waals surface area contributed by atoms with Crippen LogP contribution in [0.25, 0.3) is 5.57 Å². The topological polar surface area (TPSA) is 66.8 Å². The fourth-order valence-electron chi connectivity index (χ4n) is 2.14. The summed E-state index contributed by atoms with van der Waals surface area (Å²) < 4.78 is 4.93. The Kier molecular flexibility index (Phi) is 4.40. The molecule has 5 heteroatoms. The van der Waals surface area contributed by atoms with E-state index in [1.165, 1.54) is 4.90 Å². The second-order valence-electron chi connectivity index (χ2n) is 4.51. The van der Waals surface area contributed by atoms with Crippen molar-refractivity contribution >= 4 is 17.6 Å². The zero-order valence-corrected chi connectivity index (χ0v) is 11.3. The molecule has 2 rings (SSSR count). The Labute approximate surface area is 117 Å². The predicted molar refractivity (Wildman–Crippen MR) is 74.6 cm³/mol. The van der Waals surface area contributed by atoms with Crippen molar-refractivity contribution in [2.45, 2.75) is 13.3 Å². The van der Waals surface area contributed by atoms with E-state index in [9.17, 15) is 9.59 Å². The SMILES string of the molecule is CCOC(=O)c1ccc(C2=CCN(C(=O)O)CC2)cc1. The molecule has 0 radical (unpaired) electrons. The normalized spacial score (nSPS) is 14.7. The molecule has 20 heavy (non-hydrogen) atoms. The fourth-order valence-corrected chi connectivity index (χ4v) is 2.14. The van der Waals surface area contributed by atoms with Crippen LogP contribution in [0.5, 0.6) is 0 Å². The first kappa shape index (κ1) is 14.1. The van der Waals surface area contributed by atoms with E-state index in [4.69, 9.17) is 9.84 Å². The second kappa shape index (κ2) is 6.23. The monoisotopic (exact) mass is 275 g/mol. The van der Waals surface area contributed by atoms with Crippen molar-refractivity contribution in [1.29, 1.82) is 0 Å². The van der Waals surface area contributed by atoms with Gasteiger partial charge in [0.15, 0.2) is 0 Å². The van der Waals surface area contributed by atoms with Crippen LogP contribution >= 0.6 is 0 Å². The first-order chi connectivity index (χ1) is 9.61. The Morgan fingerprint density at radius 1 is 1.30 bits per heavy atom. The molecular formula is C15H17NO4. The highest BCUT2D eigenvalue weighted by atomic mass is 16.5. The maximum absolute atomic E-state index is 11.5. The second-order valence-corrected chi connectivity index (χ2v) is 4.51. The van der Waals surface area contributed by atoms with E-state index >= 15 is 0 Å². The smallest absolute Gasteiger partial charge is 0.407 e. The zero-order chi connectivity index (χ0) is 14.5. The van der Waals surface area contributed by atoms with Gasteiger partial charge in [0.05, 0.1) is 12.2 Å². The largest absolute Gasteiger partial charge is 0.465 e. The molecule has 0 aliphatic carbocycles. The fraction of sp³-hybridized carbons (Fsp3) is 0.333. The van der Waals surface area contributed by atoms with Gasteiger partial charge in [-0.1, -0.05) is 18.2 Å². The molecule has 1 aromatic rings. The van der Waals surface area contributed by atoms with Crippen LogP contribution in [0.4, 0.5) is 4.79 Å². The third-order valence-electron chi connectivity index (χ3n) is 3.25. The minimum Gasteiger partial charge on any atom is -0.465 e. The molecule has 0 unspecified atom stereocenters. The number of nitrogens with zero attached hydrogens (tertiary/aromatic N) is 1. The number of hydrogen-bond acceptors (Lipinski definition) is 3. The molecule has 0 spiro atoms. The first-order valence-corrected chi connectivity index (χ1v) is 6.56. The molecule has 1 heterocycles. The number of esters is 1. The summed E-state index contributed by atoms with van der Waals surface area (Å²) in [4.78, 5) is 23.7. The minimum absolute atomic E-state index is 0.325. The van der Waals surface area contributed by atoms with E-state index in [0.717, 1.165) is 11.1 Å². The number of ether oxygens (including phenoxy) is 1. The number of carbonyl (C=O) groups is 2. The Morgan fingerprint density at radius 2 is 2.00 bits per heavy atom. The maximum Gasteiger partial charge on any atom is 0.407 e. The van der Waals surface area contributed by atoms with Gasteiger partial charge in [-0.05, 0) is 36.6 Å². The summed E-state index contributed by atoms with van der Waals surface area (Å²) in [5, 5.41) is 8.89. The summed E-state index contributed by atoms with van der Waals surface area (Å²) in [5.74, 6) is -0.325. The van der Waals surface area contributed by atoms with Crippen molar-refractivity contribution < 1.29 is 19.4 Å². The zero-order valence-electron chi connectivity index (χ0n) is 11.3. The van der Waals surface area contributed by atoms with Gasteiger partial charge in [-0.25, -0.2) is 9.59 Å². The number of hydrogen-bond donors (Lipinski definition) is 1. The van der Waals surface area contributed by atoms with Gasteiger partial charge in [0, 0.05) is 13.1 Å². The van der Waals surface area contributed by atoms with Crippen LogP contribution in [0, 0.1) is 0 Å². The lowest BCUT2D eigenvalue weighted by molar-refractivity contribution is 0.0526. The molecule has 0 fully saturated rings. The Morgan fingerprint density at radius 3 is 2.50 bits per heavy atom. The lowest BCUT2D eigenvalue weighted by Gasteiger charge is -2.23. The molecular weight excluding hydrogens is 258 g/mol. The lowest BCUT2D eigenvalue weighted by atomic mass is 9.98. The molecule has 1 N–H and O–H groups in total. The van der Waals surface area contributed by atoms with Crippen molar-refractivity contribution in [2.24, 2.45) is 0 Å². The number of amides is 1. The van der Waals surface area contributed by atoms with Crippen molar-refractivity contribution in [3.63, 3.8) is 0 Å². The molecule has 0 saturated heterocycles. The van der Waals surface area contributed by atoms with Gasteiger partial charge in [-0.2, -0.15) is 0 Å². The van der Waals surface area contributed by atoms with Crippen LogP contribution in [-0.2, 0) is 4.74 Å². The van der Waals surface area contributed by atoms with Crippen LogP contribution < -0.4 is 0 Å². The van der Waals surface area contributed by atoms with Crippen LogP contribution in [0.15, 0.2) is 30.3 Å². The van der Waals surface area contributed by atoms with E-state index in [-0.39, 0.29) is 5.97 Å². The van der Waals surface area contributed by atoms with E-state index in [1.54, 1.807) is 19.1 Å². The lowest BCUT2D eigenvalue weighted by Crippen LogP contribution is -2.33. The van der Waals surface area contributed by atoms with Gasteiger partial charge in [-0.3, -0.25) is 0 Å². The Hall–Kier alpha value is -2.30. The number of benzene rings is 1. The summed E-state index contributed by atoms with van der Waals surface area (Å²) >= 11 is 0. The number of carbonyl (C=O) groups excluding carboxylic acids is 1. The van der Waals surface area contributed by atoms with Gasteiger partial charge < -0.3 is 14.7 Å². The summed E-state index contributed by atoms with van der Waals surface area (Å²) in [6.45, 7) is 3.04. The van der Waals surface area contributed by atoms with E-state index in [2.05, 4.69) is 0 Å². The standard InChI is InChI=1S/C15H17NO4/c1-2-20-14(17)13-5-3-11(4-6-13)12-7-9-16(10-8-12)15(18)19/h3-7H,2,8-10H2,1H3,(H,18,19). The van der Waals surface area contributed by atoms with Gasteiger partial charge in [0.25, 0.3) is 0 Å². The average Bonchev–Trinajstić information content (AvgIpc) is 2.48. The Bertz CT molecular complexity index is 533. The molecule has 1 aliphatic rings. The van der Waals surface area contributed by atoms with Gasteiger partial charge >= 0.3 is 12.1 Å². The number of carboxylic acid groups (broad SMARTS) is 1. The number of rotatable bonds is 3. The third kappa shape index (κ3) is 3.17. The van der Waals surface area contributed by atoms with Crippen LogP contribution in [0.2, 0.25) is 0 Å². The van der Waals surface area contributed by atoms with Gasteiger partial charge in [0.2, 0.25) is 0 Å². The highest BCUT2D eigenvalue weighted by Gasteiger charge is 2.16. The van der Waals surface area contributed by atoms with E-state index in [0.29, 0.717) is 31.7 Å². The van der Waals surface area contributed by atoms with Crippen LogP contribution in [0.3, 0.4) is 0 Å². The molecule has 1 aromatic carbocycles. The molecule has 0 saturated carbocycles. The first-order valence-electron chi connectivity index (χ1n) is 6.56. The summed E-state index contributed by atoms with van der Waals surface area (Å²) in [5.41, 5.74) is 2.65. The van der Waals surface area contributed by atoms with Crippen molar-refractivity contribution in [2.75, 3.05) is 19.7 Å². The van der Waals surface area contributed by atoms with Crippen molar-refractivity contribution in [1.82, 2.24) is 4.90 Å². The minimum atomic E-state index is -0.891. The summed E-state index contributed by atoms with van der Waals surface area (Å²) in [6, 6.07) is 7.21. The van der Waals surface area contributed by atoms with Gasteiger partial charge in [-0.15, -0.1) is 0 Å². The average molecular weight is 275 g/mol. The highest BCUT2D eigenvalue weighted by Crippen LogP contribution is 2.22.